The van der Waals surface area contributed by atoms with E-state index in [9.17, 15) is 8.42 Å². The van der Waals surface area contributed by atoms with Gasteiger partial charge in [-0.05, 0) is 25.8 Å². The Morgan fingerprint density at radius 2 is 1.86 bits per heavy atom. The van der Waals surface area contributed by atoms with Gasteiger partial charge in [-0.15, -0.1) is 0 Å². The Bertz CT molecular complexity index is 718. The maximum Gasteiger partial charge on any atom is 0.244 e. The first-order valence-corrected chi connectivity index (χ1v) is 8.41. The molecule has 114 valence electrons. The molecular formula is C15H21N3O2S. The predicted molar refractivity (Wildman–Crippen MR) is 82.5 cm³/mol. The molecule has 0 aliphatic carbocycles. The van der Waals surface area contributed by atoms with Crippen molar-refractivity contribution in [1.29, 1.82) is 0 Å². The third kappa shape index (κ3) is 3.51. The summed E-state index contributed by atoms with van der Waals surface area (Å²) in [5.41, 5.74) is 2.62. The van der Waals surface area contributed by atoms with Crippen molar-refractivity contribution in [3.63, 3.8) is 0 Å². The summed E-state index contributed by atoms with van der Waals surface area (Å²) in [7, 11) is -1.86. The average Bonchev–Trinajstić information content (AvgIpc) is 2.77. The van der Waals surface area contributed by atoms with Crippen LogP contribution in [0.2, 0.25) is 0 Å². The molecule has 6 heteroatoms. The summed E-state index contributed by atoms with van der Waals surface area (Å²) in [5.74, 6) is 0. The first kappa shape index (κ1) is 15.7. The lowest BCUT2D eigenvalue weighted by molar-refractivity contribution is 0.549. The molecule has 0 spiro atoms. The van der Waals surface area contributed by atoms with E-state index in [2.05, 4.69) is 9.82 Å². The van der Waals surface area contributed by atoms with Crippen molar-refractivity contribution in [2.45, 2.75) is 38.1 Å². The van der Waals surface area contributed by atoms with Gasteiger partial charge in [0.25, 0.3) is 0 Å². The molecule has 1 aromatic carbocycles. The Morgan fingerprint density at radius 3 is 2.33 bits per heavy atom. The molecule has 2 aromatic rings. The molecule has 0 saturated carbocycles. The third-order valence-electron chi connectivity index (χ3n) is 3.44. The fourth-order valence-electron chi connectivity index (χ4n) is 2.28. The van der Waals surface area contributed by atoms with Crippen LogP contribution in [0.4, 0.5) is 0 Å². The second-order valence-corrected chi connectivity index (χ2v) is 6.93. The summed E-state index contributed by atoms with van der Waals surface area (Å²) >= 11 is 0. The molecule has 0 radical (unpaired) electrons. The molecule has 21 heavy (non-hydrogen) atoms. The fraction of sp³-hybridized carbons (Fsp3) is 0.400. The summed E-state index contributed by atoms with van der Waals surface area (Å²) in [6, 6.07) is 7.66. The highest BCUT2D eigenvalue weighted by Gasteiger charge is 2.23. The van der Waals surface area contributed by atoms with E-state index in [-0.39, 0.29) is 10.9 Å². The Balaban J connectivity index is 2.29. The minimum Gasteiger partial charge on any atom is -0.274 e. The van der Waals surface area contributed by atoms with E-state index in [0.29, 0.717) is 12.1 Å². The van der Waals surface area contributed by atoms with Crippen molar-refractivity contribution in [2.75, 3.05) is 0 Å². The van der Waals surface area contributed by atoms with Gasteiger partial charge in [-0.3, -0.25) is 4.68 Å². The molecule has 5 nitrogen and oxygen atoms in total. The molecule has 0 bridgehead atoms. The molecule has 0 saturated heterocycles. The predicted octanol–water partition coefficient (Wildman–Crippen LogP) is 2.47. The zero-order chi connectivity index (χ0) is 15.6. The number of nitrogens with one attached hydrogen (secondary N) is 1. The topological polar surface area (TPSA) is 64.0 Å². The SMILES string of the molecule is CC[C@@H](NS(=O)(=O)c1cn(C)nc1C)c1ccc(C)cc1. The van der Waals surface area contributed by atoms with Crippen LogP contribution in [-0.4, -0.2) is 18.2 Å². The summed E-state index contributed by atoms with van der Waals surface area (Å²) in [6.45, 7) is 5.67. The number of benzene rings is 1. The van der Waals surface area contributed by atoms with Crippen LogP contribution >= 0.6 is 0 Å². The minimum absolute atomic E-state index is 0.232. The maximum atomic E-state index is 12.5. The van der Waals surface area contributed by atoms with E-state index in [1.807, 2.05) is 38.1 Å². The van der Waals surface area contributed by atoms with E-state index in [4.69, 9.17) is 0 Å². The van der Waals surface area contributed by atoms with Gasteiger partial charge in [0.2, 0.25) is 10.0 Å². The van der Waals surface area contributed by atoms with Gasteiger partial charge < -0.3 is 0 Å². The molecule has 0 aliphatic heterocycles. The Morgan fingerprint density at radius 1 is 1.24 bits per heavy atom. The van der Waals surface area contributed by atoms with Crippen molar-refractivity contribution in [3.8, 4) is 0 Å². The lowest BCUT2D eigenvalue weighted by Crippen LogP contribution is -2.28. The summed E-state index contributed by atoms with van der Waals surface area (Å²) in [4.78, 5) is 0.232. The van der Waals surface area contributed by atoms with Gasteiger partial charge >= 0.3 is 0 Å². The summed E-state index contributed by atoms with van der Waals surface area (Å²) in [6.07, 6.45) is 2.21. The summed E-state index contributed by atoms with van der Waals surface area (Å²) < 4.78 is 29.3. The van der Waals surface area contributed by atoms with Crippen LogP contribution in [0.1, 0.15) is 36.2 Å². The number of aromatic nitrogens is 2. The van der Waals surface area contributed by atoms with E-state index in [1.54, 1.807) is 14.0 Å². The van der Waals surface area contributed by atoms with Crippen LogP contribution in [0.3, 0.4) is 0 Å². The first-order valence-electron chi connectivity index (χ1n) is 6.92. The van der Waals surface area contributed by atoms with Crippen molar-refractivity contribution >= 4 is 10.0 Å². The first-order chi connectivity index (χ1) is 9.83. The number of nitrogens with zero attached hydrogens (tertiary/aromatic N) is 2. The van der Waals surface area contributed by atoms with Gasteiger partial charge in [0, 0.05) is 19.3 Å². The number of aryl methyl sites for hydroxylation is 3. The molecule has 0 aliphatic rings. The smallest absolute Gasteiger partial charge is 0.244 e. The van der Waals surface area contributed by atoms with Crippen LogP contribution in [0.5, 0.6) is 0 Å². The van der Waals surface area contributed by atoms with Crippen molar-refractivity contribution in [2.24, 2.45) is 7.05 Å². The fourth-order valence-corrected chi connectivity index (χ4v) is 3.80. The molecule has 1 aromatic heterocycles. The van der Waals surface area contributed by atoms with Gasteiger partial charge in [0.05, 0.1) is 5.69 Å². The van der Waals surface area contributed by atoms with Crippen LogP contribution in [-0.2, 0) is 17.1 Å². The van der Waals surface area contributed by atoms with E-state index < -0.39 is 10.0 Å². The highest BCUT2D eigenvalue weighted by Crippen LogP contribution is 2.21. The standard InChI is InChI=1S/C15H21N3O2S/c1-5-14(13-8-6-11(2)7-9-13)17-21(19,20)15-10-18(4)16-12(15)3/h6-10,14,17H,5H2,1-4H3/t14-/m1/s1. The minimum atomic E-state index is -3.57. The highest BCUT2D eigenvalue weighted by molar-refractivity contribution is 7.89. The zero-order valence-corrected chi connectivity index (χ0v) is 13.6. The number of hydrogen-bond donors (Lipinski definition) is 1. The monoisotopic (exact) mass is 307 g/mol. The van der Waals surface area contributed by atoms with Crippen LogP contribution in [0.25, 0.3) is 0 Å². The third-order valence-corrected chi connectivity index (χ3v) is 5.02. The number of rotatable bonds is 5. The van der Waals surface area contributed by atoms with Gasteiger partial charge in [0.15, 0.2) is 0 Å². The van der Waals surface area contributed by atoms with Gasteiger partial charge in [-0.25, -0.2) is 13.1 Å². The molecule has 0 amide bonds. The number of sulfonamides is 1. The van der Waals surface area contributed by atoms with Crippen molar-refractivity contribution < 1.29 is 8.42 Å². The van der Waals surface area contributed by atoms with Crippen LogP contribution < -0.4 is 4.72 Å². The van der Waals surface area contributed by atoms with Gasteiger partial charge in [-0.1, -0.05) is 36.8 Å². The number of hydrogen-bond acceptors (Lipinski definition) is 3. The van der Waals surface area contributed by atoms with E-state index in [1.165, 1.54) is 10.9 Å². The second-order valence-electron chi connectivity index (χ2n) is 5.25. The highest BCUT2D eigenvalue weighted by atomic mass is 32.2. The second kappa shape index (κ2) is 5.99. The quantitative estimate of drug-likeness (QED) is 0.923. The Hall–Kier alpha value is -1.66. The summed E-state index contributed by atoms with van der Waals surface area (Å²) in [5, 5.41) is 4.09. The Labute approximate surface area is 126 Å². The van der Waals surface area contributed by atoms with Crippen molar-refractivity contribution in [3.05, 3.63) is 47.3 Å². The largest absolute Gasteiger partial charge is 0.274 e. The lowest BCUT2D eigenvalue weighted by atomic mass is 10.0. The van der Waals surface area contributed by atoms with Crippen LogP contribution in [0.15, 0.2) is 35.4 Å². The molecule has 0 fully saturated rings. The molecule has 1 N–H and O–H groups in total. The van der Waals surface area contributed by atoms with Gasteiger partial charge in [-0.2, -0.15) is 5.10 Å². The van der Waals surface area contributed by atoms with E-state index >= 15 is 0 Å². The van der Waals surface area contributed by atoms with Gasteiger partial charge in [0.1, 0.15) is 4.90 Å². The Kier molecular flexibility index (Phi) is 4.49. The lowest BCUT2D eigenvalue weighted by Gasteiger charge is -2.17. The van der Waals surface area contributed by atoms with Crippen LogP contribution in [0, 0.1) is 13.8 Å². The average molecular weight is 307 g/mol. The molecule has 0 unspecified atom stereocenters. The molecule has 1 heterocycles. The van der Waals surface area contributed by atoms with E-state index in [0.717, 1.165) is 11.1 Å². The normalized spacial score (nSPS) is 13.3. The zero-order valence-electron chi connectivity index (χ0n) is 12.8. The molecular weight excluding hydrogens is 286 g/mol. The molecule has 2 rings (SSSR count). The molecule has 1 atom stereocenters. The maximum absolute atomic E-state index is 12.5. The van der Waals surface area contributed by atoms with Crippen molar-refractivity contribution in [1.82, 2.24) is 14.5 Å².